The number of ether oxygens (including phenoxy) is 2. The van der Waals surface area contributed by atoms with Crippen LogP contribution in [0.3, 0.4) is 0 Å². The first-order valence-electron chi connectivity index (χ1n) is 7.01. The van der Waals surface area contributed by atoms with Crippen LogP contribution >= 0.6 is 0 Å². The Labute approximate surface area is 114 Å². The van der Waals surface area contributed by atoms with Crippen LogP contribution in [0.1, 0.15) is 18.9 Å². The Balaban J connectivity index is 1.85. The Bertz CT molecular complexity index is 392. The SMILES string of the molecule is CCOc1ccc(F)cc1CCCN1CCOCC1. The lowest BCUT2D eigenvalue weighted by Crippen LogP contribution is -2.36. The van der Waals surface area contributed by atoms with Gasteiger partial charge in [-0.25, -0.2) is 4.39 Å². The summed E-state index contributed by atoms with van der Waals surface area (Å²) in [5, 5.41) is 0. The molecule has 1 aromatic rings. The molecule has 0 N–H and O–H groups in total. The molecule has 0 spiro atoms. The maximum atomic E-state index is 13.3. The number of hydrogen-bond acceptors (Lipinski definition) is 3. The average molecular weight is 267 g/mol. The quantitative estimate of drug-likeness (QED) is 0.790. The fourth-order valence-corrected chi connectivity index (χ4v) is 2.36. The molecule has 0 saturated carbocycles. The van der Waals surface area contributed by atoms with Gasteiger partial charge in [-0.05, 0) is 50.1 Å². The van der Waals surface area contributed by atoms with Crippen LogP contribution in [0.25, 0.3) is 0 Å². The van der Waals surface area contributed by atoms with E-state index in [4.69, 9.17) is 9.47 Å². The Kier molecular flexibility index (Phi) is 5.61. The van der Waals surface area contributed by atoms with Crippen molar-refractivity contribution in [3.63, 3.8) is 0 Å². The summed E-state index contributed by atoms with van der Waals surface area (Å²) >= 11 is 0. The van der Waals surface area contributed by atoms with Gasteiger partial charge < -0.3 is 9.47 Å². The molecule has 0 amide bonds. The van der Waals surface area contributed by atoms with E-state index in [2.05, 4.69) is 4.90 Å². The summed E-state index contributed by atoms with van der Waals surface area (Å²) in [6.45, 7) is 7.24. The molecule has 1 fully saturated rings. The maximum absolute atomic E-state index is 13.3. The van der Waals surface area contributed by atoms with Gasteiger partial charge in [-0.2, -0.15) is 0 Å². The molecule has 0 radical (unpaired) electrons. The van der Waals surface area contributed by atoms with Crippen molar-refractivity contribution in [3.05, 3.63) is 29.6 Å². The van der Waals surface area contributed by atoms with Crippen molar-refractivity contribution in [2.45, 2.75) is 19.8 Å². The predicted octanol–water partition coefficient (Wildman–Crippen LogP) is 2.49. The summed E-state index contributed by atoms with van der Waals surface area (Å²) in [5.41, 5.74) is 0.968. The van der Waals surface area contributed by atoms with Gasteiger partial charge in [-0.15, -0.1) is 0 Å². The van der Waals surface area contributed by atoms with Crippen LogP contribution in [0.2, 0.25) is 0 Å². The Morgan fingerprint density at radius 3 is 2.84 bits per heavy atom. The normalized spacial score (nSPS) is 16.5. The van der Waals surface area contributed by atoms with Crippen molar-refractivity contribution in [2.24, 2.45) is 0 Å². The second-order valence-corrected chi connectivity index (χ2v) is 4.74. The van der Waals surface area contributed by atoms with Crippen LogP contribution in [-0.2, 0) is 11.2 Å². The van der Waals surface area contributed by atoms with Crippen LogP contribution in [0.4, 0.5) is 4.39 Å². The van der Waals surface area contributed by atoms with Crippen molar-refractivity contribution in [2.75, 3.05) is 39.5 Å². The van der Waals surface area contributed by atoms with Gasteiger partial charge in [0, 0.05) is 13.1 Å². The molecule has 19 heavy (non-hydrogen) atoms. The molecule has 1 aliphatic heterocycles. The summed E-state index contributed by atoms with van der Waals surface area (Å²) in [5.74, 6) is 0.621. The number of halogens is 1. The molecule has 0 aliphatic carbocycles. The van der Waals surface area contributed by atoms with Gasteiger partial charge in [0.05, 0.1) is 19.8 Å². The number of aryl methyl sites for hydroxylation is 1. The van der Waals surface area contributed by atoms with E-state index in [-0.39, 0.29) is 5.82 Å². The molecule has 106 valence electrons. The van der Waals surface area contributed by atoms with Crippen LogP contribution in [0, 0.1) is 5.82 Å². The molecule has 3 nitrogen and oxygen atoms in total. The lowest BCUT2D eigenvalue weighted by atomic mass is 10.1. The molecule has 0 aromatic heterocycles. The van der Waals surface area contributed by atoms with Crippen molar-refractivity contribution >= 4 is 0 Å². The first-order valence-corrected chi connectivity index (χ1v) is 7.01. The zero-order chi connectivity index (χ0) is 13.5. The predicted molar refractivity (Wildman–Crippen MR) is 73.1 cm³/mol. The maximum Gasteiger partial charge on any atom is 0.123 e. The van der Waals surface area contributed by atoms with Crippen LogP contribution in [-0.4, -0.2) is 44.4 Å². The number of morpholine rings is 1. The van der Waals surface area contributed by atoms with Gasteiger partial charge in [0.2, 0.25) is 0 Å². The molecule has 1 saturated heterocycles. The molecule has 2 rings (SSSR count). The highest BCUT2D eigenvalue weighted by atomic mass is 19.1. The van der Waals surface area contributed by atoms with Crippen molar-refractivity contribution in [1.29, 1.82) is 0 Å². The van der Waals surface area contributed by atoms with Crippen LogP contribution in [0.15, 0.2) is 18.2 Å². The monoisotopic (exact) mass is 267 g/mol. The Hall–Kier alpha value is -1.13. The molecule has 1 aromatic carbocycles. The third kappa shape index (κ3) is 4.48. The number of benzene rings is 1. The molecular formula is C15H22FNO2. The lowest BCUT2D eigenvalue weighted by Gasteiger charge is -2.26. The fraction of sp³-hybridized carbons (Fsp3) is 0.600. The molecule has 1 heterocycles. The topological polar surface area (TPSA) is 21.7 Å². The third-order valence-electron chi connectivity index (χ3n) is 3.35. The highest BCUT2D eigenvalue weighted by molar-refractivity contribution is 5.34. The molecule has 0 unspecified atom stereocenters. The van der Waals surface area contributed by atoms with Gasteiger partial charge >= 0.3 is 0 Å². The van der Waals surface area contributed by atoms with E-state index in [1.165, 1.54) is 6.07 Å². The zero-order valence-corrected chi connectivity index (χ0v) is 11.5. The summed E-state index contributed by atoms with van der Waals surface area (Å²) in [7, 11) is 0. The van der Waals surface area contributed by atoms with Crippen molar-refractivity contribution in [3.8, 4) is 5.75 Å². The van der Waals surface area contributed by atoms with Crippen molar-refractivity contribution < 1.29 is 13.9 Å². The smallest absolute Gasteiger partial charge is 0.123 e. The summed E-state index contributed by atoms with van der Waals surface area (Å²) in [4.78, 5) is 2.39. The standard InChI is InChI=1S/C15H22FNO2/c1-2-19-15-6-5-14(16)12-13(15)4-3-7-17-8-10-18-11-9-17/h5-6,12H,2-4,7-11H2,1H3. The van der Waals surface area contributed by atoms with Crippen LogP contribution < -0.4 is 4.74 Å². The van der Waals surface area contributed by atoms with Crippen molar-refractivity contribution in [1.82, 2.24) is 4.90 Å². The van der Waals surface area contributed by atoms with E-state index >= 15 is 0 Å². The van der Waals surface area contributed by atoms with Gasteiger partial charge in [0.25, 0.3) is 0 Å². The fourth-order valence-electron chi connectivity index (χ4n) is 2.36. The average Bonchev–Trinajstić information content (AvgIpc) is 2.43. The van der Waals surface area contributed by atoms with Gasteiger partial charge in [0.1, 0.15) is 11.6 Å². The first kappa shape index (κ1) is 14.3. The van der Waals surface area contributed by atoms with E-state index in [0.717, 1.165) is 57.0 Å². The third-order valence-corrected chi connectivity index (χ3v) is 3.35. The second kappa shape index (κ2) is 7.46. The zero-order valence-electron chi connectivity index (χ0n) is 11.5. The highest BCUT2D eigenvalue weighted by Crippen LogP contribution is 2.21. The van der Waals surface area contributed by atoms with Gasteiger partial charge in [0.15, 0.2) is 0 Å². The molecule has 0 atom stereocenters. The molecule has 4 heteroatoms. The Morgan fingerprint density at radius 1 is 1.32 bits per heavy atom. The summed E-state index contributed by atoms with van der Waals surface area (Å²) in [6, 6.07) is 4.77. The first-order chi connectivity index (χ1) is 9.29. The minimum Gasteiger partial charge on any atom is -0.494 e. The number of nitrogens with zero attached hydrogens (tertiary/aromatic N) is 1. The Morgan fingerprint density at radius 2 is 2.11 bits per heavy atom. The van der Waals surface area contributed by atoms with Crippen LogP contribution in [0.5, 0.6) is 5.75 Å². The molecule has 0 bridgehead atoms. The summed E-state index contributed by atoms with van der Waals surface area (Å²) < 4.78 is 24.1. The van der Waals surface area contributed by atoms with Gasteiger partial charge in [-0.1, -0.05) is 0 Å². The van der Waals surface area contributed by atoms with E-state index in [9.17, 15) is 4.39 Å². The van der Waals surface area contributed by atoms with E-state index in [1.807, 2.05) is 6.92 Å². The van der Waals surface area contributed by atoms with E-state index < -0.39 is 0 Å². The largest absolute Gasteiger partial charge is 0.494 e. The minimum absolute atomic E-state index is 0.190. The van der Waals surface area contributed by atoms with Gasteiger partial charge in [-0.3, -0.25) is 4.90 Å². The second-order valence-electron chi connectivity index (χ2n) is 4.74. The number of rotatable bonds is 6. The highest BCUT2D eigenvalue weighted by Gasteiger charge is 2.11. The summed E-state index contributed by atoms with van der Waals surface area (Å²) in [6.07, 6.45) is 1.87. The molecule has 1 aliphatic rings. The molecular weight excluding hydrogens is 245 g/mol. The van der Waals surface area contributed by atoms with E-state index in [0.29, 0.717) is 6.61 Å². The van der Waals surface area contributed by atoms with E-state index in [1.54, 1.807) is 12.1 Å². The number of hydrogen-bond donors (Lipinski definition) is 0. The minimum atomic E-state index is -0.190. The lowest BCUT2D eigenvalue weighted by molar-refractivity contribution is 0.0374.